The van der Waals surface area contributed by atoms with Crippen LogP contribution in [-0.2, 0) is 4.79 Å². The van der Waals surface area contributed by atoms with Gasteiger partial charge in [-0.05, 0) is 19.3 Å². The average Bonchev–Trinajstić information content (AvgIpc) is 2.87. The van der Waals surface area contributed by atoms with Gasteiger partial charge < -0.3 is 10.2 Å². The quantitative estimate of drug-likeness (QED) is 0.410. The van der Waals surface area contributed by atoms with Crippen LogP contribution in [0, 0.1) is 5.92 Å². The Bertz CT molecular complexity index is 305. The van der Waals surface area contributed by atoms with E-state index in [4.69, 9.17) is 5.11 Å². The molecule has 19 heavy (non-hydrogen) atoms. The van der Waals surface area contributed by atoms with Crippen LogP contribution in [0.5, 0.6) is 0 Å². The smallest absolute Gasteiger partial charge is 0.303 e. The molecular weight excluding hydrogens is 244 g/mol. The van der Waals surface area contributed by atoms with Crippen molar-refractivity contribution in [3.05, 3.63) is 0 Å². The van der Waals surface area contributed by atoms with Gasteiger partial charge >= 0.3 is 5.97 Å². The maximum Gasteiger partial charge on any atom is 0.303 e. The van der Waals surface area contributed by atoms with Gasteiger partial charge in [0, 0.05) is 12.5 Å². The van der Waals surface area contributed by atoms with Gasteiger partial charge in [-0.15, -0.1) is 0 Å². The molecule has 2 atom stereocenters. The molecule has 2 unspecified atom stereocenters. The number of hydrogen-bond donors (Lipinski definition) is 3. The van der Waals surface area contributed by atoms with Gasteiger partial charge in [-0.1, -0.05) is 19.8 Å². The molecule has 1 aliphatic heterocycles. The second-order valence-electron chi connectivity index (χ2n) is 5.25. The predicted octanol–water partition coefficient (Wildman–Crippen LogP) is 1.05. The summed E-state index contributed by atoms with van der Waals surface area (Å²) in [5.74, 6) is -0.749. The summed E-state index contributed by atoms with van der Waals surface area (Å²) in [7, 11) is 0. The normalized spacial score (nSPS) is 17.7. The van der Waals surface area contributed by atoms with Crippen molar-refractivity contribution in [3.63, 3.8) is 0 Å². The van der Waals surface area contributed by atoms with Crippen molar-refractivity contribution in [2.75, 3.05) is 19.7 Å². The van der Waals surface area contributed by atoms with Crippen LogP contribution in [0.15, 0.2) is 0 Å². The topological polar surface area (TPSA) is 72.6 Å². The molecule has 0 aromatic rings. The van der Waals surface area contributed by atoms with Crippen LogP contribution in [0.3, 0.4) is 0 Å². The van der Waals surface area contributed by atoms with Crippen LogP contribution in [0.1, 0.15) is 45.4 Å². The van der Waals surface area contributed by atoms with Crippen LogP contribution >= 0.6 is 0 Å². The van der Waals surface area contributed by atoms with E-state index in [0.717, 1.165) is 32.4 Å². The highest BCUT2D eigenvalue weighted by Crippen LogP contribution is 2.22. The van der Waals surface area contributed by atoms with Gasteiger partial charge in [0.25, 0.3) is 0 Å². The molecule has 0 saturated carbocycles. The number of unbranched alkanes of at least 4 members (excludes halogenated alkanes) is 2. The van der Waals surface area contributed by atoms with Crippen LogP contribution < -0.4 is 5.32 Å². The van der Waals surface area contributed by atoms with E-state index in [1.54, 1.807) is 0 Å². The fourth-order valence-electron chi connectivity index (χ4n) is 2.80. The molecule has 3 N–H and O–H groups in total. The Morgan fingerprint density at radius 1 is 1.42 bits per heavy atom. The van der Waals surface area contributed by atoms with E-state index in [9.17, 15) is 9.90 Å². The lowest BCUT2D eigenvalue weighted by Gasteiger charge is -2.25. The van der Waals surface area contributed by atoms with E-state index in [1.807, 2.05) is 6.34 Å². The second-order valence-corrected chi connectivity index (χ2v) is 5.25. The minimum Gasteiger partial charge on any atom is -0.481 e. The lowest BCUT2D eigenvalue weighted by atomic mass is 9.88. The number of hydrogen-bond acceptors (Lipinski definition) is 3. The van der Waals surface area contributed by atoms with E-state index < -0.39 is 5.97 Å². The molecule has 0 fully saturated rings. The summed E-state index contributed by atoms with van der Waals surface area (Å²) in [4.78, 5) is 11.0. The molecule has 0 aliphatic carbocycles. The zero-order valence-electron chi connectivity index (χ0n) is 11.8. The molecule has 1 rings (SSSR count). The number of carboxylic acids is 1. The average molecular weight is 271 g/mol. The molecule has 5 nitrogen and oxygen atoms in total. The molecule has 0 saturated heterocycles. The highest BCUT2D eigenvalue weighted by atomic mass is 16.4. The van der Waals surface area contributed by atoms with Crippen LogP contribution in [-0.4, -0.2) is 52.8 Å². The van der Waals surface area contributed by atoms with E-state index in [1.165, 1.54) is 6.42 Å². The van der Waals surface area contributed by atoms with Crippen molar-refractivity contribution in [1.82, 2.24) is 5.32 Å². The first-order valence-electron chi connectivity index (χ1n) is 7.34. The third-order valence-corrected chi connectivity index (χ3v) is 3.78. The van der Waals surface area contributed by atoms with Crippen molar-refractivity contribution in [2.24, 2.45) is 5.92 Å². The van der Waals surface area contributed by atoms with Gasteiger partial charge in [0.1, 0.15) is 13.1 Å². The molecule has 5 heteroatoms. The van der Waals surface area contributed by atoms with Crippen molar-refractivity contribution < 1.29 is 19.6 Å². The Kier molecular flexibility index (Phi) is 7.48. The summed E-state index contributed by atoms with van der Waals surface area (Å²) in [5, 5.41) is 21.4. The third-order valence-electron chi connectivity index (χ3n) is 3.78. The van der Waals surface area contributed by atoms with E-state index in [2.05, 4.69) is 16.8 Å². The number of aliphatic hydroxyl groups is 1. The zero-order valence-corrected chi connectivity index (χ0v) is 11.8. The molecule has 0 aromatic heterocycles. The molecule has 0 aromatic carbocycles. The number of carbonyl (C=O) groups is 1. The first-order valence-corrected chi connectivity index (χ1v) is 7.34. The first kappa shape index (κ1) is 16.0. The Hall–Kier alpha value is -1.10. The fraction of sp³-hybridized carbons (Fsp3) is 0.857. The monoisotopic (exact) mass is 271 g/mol. The Morgan fingerprint density at radius 2 is 2.21 bits per heavy atom. The number of nitrogens with one attached hydrogen (secondary N) is 1. The van der Waals surface area contributed by atoms with E-state index >= 15 is 0 Å². The minimum atomic E-state index is -0.772. The summed E-state index contributed by atoms with van der Waals surface area (Å²) >= 11 is 0. The number of aliphatic carboxylic acids is 1. The van der Waals surface area contributed by atoms with E-state index in [0.29, 0.717) is 6.42 Å². The molecule has 0 spiro atoms. The zero-order chi connectivity index (χ0) is 14.1. The van der Waals surface area contributed by atoms with Crippen molar-refractivity contribution >= 4 is 12.3 Å². The molecule has 0 amide bonds. The summed E-state index contributed by atoms with van der Waals surface area (Å²) in [5.41, 5.74) is 0. The SMILES string of the molecule is CCCCCC(C(CCO)CC(=O)O)[N+]1=CNCC1. The predicted molar refractivity (Wildman–Crippen MR) is 74.6 cm³/mol. The lowest BCUT2D eigenvalue weighted by molar-refractivity contribution is -0.563. The lowest BCUT2D eigenvalue weighted by Crippen LogP contribution is -2.35. The Morgan fingerprint density at radius 3 is 2.74 bits per heavy atom. The largest absolute Gasteiger partial charge is 0.481 e. The number of rotatable bonds is 10. The molecule has 0 radical (unpaired) electrons. The van der Waals surface area contributed by atoms with Crippen molar-refractivity contribution in [3.8, 4) is 0 Å². The first-order chi connectivity index (χ1) is 9.19. The highest BCUT2D eigenvalue weighted by molar-refractivity contribution is 5.67. The summed E-state index contributed by atoms with van der Waals surface area (Å²) in [6.45, 7) is 4.08. The standard InChI is InChI=1S/C14H26N2O3/c1-2-3-4-5-13(16-8-7-15-11-16)12(6-9-17)10-14(18)19/h11-13,17H,2-10H2,1H3,(H,18,19)/p+1. The van der Waals surface area contributed by atoms with Gasteiger partial charge in [-0.2, -0.15) is 0 Å². The van der Waals surface area contributed by atoms with Crippen LogP contribution in [0.4, 0.5) is 0 Å². The summed E-state index contributed by atoms with van der Waals surface area (Å²) in [6, 6.07) is 0.227. The third kappa shape index (κ3) is 5.59. The number of nitrogens with zero attached hydrogens (tertiary/aromatic N) is 1. The molecule has 110 valence electrons. The molecular formula is C14H27N2O3+. The summed E-state index contributed by atoms with van der Waals surface area (Å²) < 4.78 is 2.22. The van der Waals surface area contributed by atoms with Gasteiger partial charge in [0.15, 0.2) is 0 Å². The van der Waals surface area contributed by atoms with Crippen molar-refractivity contribution in [2.45, 2.75) is 51.5 Å². The van der Waals surface area contributed by atoms with Gasteiger partial charge in [0.2, 0.25) is 6.34 Å². The Labute approximate surface area is 115 Å². The highest BCUT2D eigenvalue weighted by Gasteiger charge is 2.30. The van der Waals surface area contributed by atoms with Gasteiger partial charge in [0.05, 0.1) is 12.5 Å². The minimum absolute atomic E-state index is 0.0236. The fourth-order valence-corrected chi connectivity index (χ4v) is 2.80. The maximum absolute atomic E-state index is 11.0. The Balaban J connectivity index is 2.68. The van der Waals surface area contributed by atoms with Crippen LogP contribution in [0.25, 0.3) is 0 Å². The number of carboxylic acid groups (broad SMARTS) is 1. The van der Waals surface area contributed by atoms with E-state index in [-0.39, 0.29) is 25.0 Å². The maximum atomic E-state index is 11.0. The number of aliphatic hydroxyl groups excluding tert-OH is 1. The van der Waals surface area contributed by atoms with Crippen LogP contribution in [0.2, 0.25) is 0 Å². The van der Waals surface area contributed by atoms with Crippen molar-refractivity contribution in [1.29, 1.82) is 0 Å². The molecule has 1 aliphatic rings. The summed E-state index contributed by atoms with van der Waals surface area (Å²) in [6.07, 6.45) is 7.14. The molecule has 0 bridgehead atoms. The molecule has 1 heterocycles. The van der Waals surface area contributed by atoms with Gasteiger partial charge in [-0.25, -0.2) is 0 Å². The van der Waals surface area contributed by atoms with Gasteiger partial charge in [-0.3, -0.25) is 14.7 Å². The second kappa shape index (κ2) is 8.91.